The van der Waals surface area contributed by atoms with E-state index in [-0.39, 0.29) is 12.3 Å². The maximum absolute atomic E-state index is 10.8. The average molecular weight is 531 g/mol. The van der Waals surface area contributed by atoms with Gasteiger partial charge in [0.2, 0.25) is 0 Å². The first-order valence-electron chi connectivity index (χ1n) is 10.3. The lowest BCUT2D eigenvalue weighted by Gasteiger charge is -2.28. The van der Waals surface area contributed by atoms with Crippen LogP contribution in [0, 0.1) is 10.1 Å². The predicted molar refractivity (Wildman–Crippen MR) is 133 cm³/mol. The van der Waals surface area contributed by atoms with Crippen LogP contribution in [0.5, 0.6) is 5.75 Å². The number of halogens is 2. The molecule has 1 aliphatic rings. The summed E-state index contributed by atoms with van der Waals surface area (Å²) in [6.45, 7) is 3.53. The van der Waals surface area contributed by atoms with Crippen molar-refractivity contribution < 1.29 is 14.4 Å². The highest BCUT2D eigenvalue weighted by Crippen LogP contribution is 2.35. The average Bonchev–Trinajstić information content (AvgIpc) is 2.83. The molecule has 7 nitrogen and oxygen atoms in total. The third kappa shape index (κ3) is 6.10. The van der Waals surface area contributed by atoms with Gasteiger partial charge in [-0.25, -0.2) is 0 Å². The summed E-state index contributed by atoms with van der Waals surface area (Å²) >= 11 is 9.94. The Morgan fingerprint density at radius 1 is 1.12 bits per heavy atom. The van der Waals surface area contributed by atoms with E-state index in [9.17, 15) is 10.1 Å². The van der Waals surface area contributed by atoms with Gasteiger partial charge in [-0.15, -0.1) is 0 Å². The largest absolute Gasteiger partial charge is 0.486 e. The summed E-state index contributed by atoms with van der Waals surface area (Å²) in [4.78, 5) is 17.2. The van der Waals surface area contributed by atoms with Gasteiger partial charge in [0.05, 0.1) is 33.3 Å². The first-order chi connectivity index (χ1) is 16.0. The maximum atomic E-state index is 10.8. The SMILES string of the molecule is O=[N+]([O-])c1ccc(COc2c(Cl)cc(C=Nc3ccc(N4CCOCC4)cc3)cc2Br)cc1. The number of ether oxygens (including phenoxy) is 2. The zero-order chi connectivity index (χ0) is 23.2. The van der Waals surface area contributed by atoms with Gasteiger partial charge in [-0.05, 0) is 75.6 Å². The van der Waals surface area contributed by atoms with Gasteiger partial charge in [0.1, 0.15) is 6.61 Å². The third-order valence-corrected chi connectivity index (χ3v) is 6.01. The van der Waals surface area contributed by atoms with E-state index in [1.807, 2.05) is 18.2 Å². The number of non-ortho nitro benzene ring substituents is 1. The van der Waals surface area contributed by atoms with E-state index in [1.165, 1.54) is 12.1 Å². The maximum Gasteiger partial charge on any atom is 0.269 e. The lowest BCUT2D eigenvalue weighted by Crippen LogP contribution is -2.36. The molecule has 0 radical (unpaired) electrons. The summed E-state index contributed by atoms with van der Waals surface area (Å²) in [7, 11) is 0. The molecule has 0 atom stereocenters. The van der Waals surface area contributed by atoms with E-state index < -0.39 is 4.92 Å². The van der Waals surface area contributed by atoms with Gasteiger partial charge < -0.3 is 14.4 Å². The summed E-state index contributed by atoms with van der Waals surface area (Å²) in [6.07, 6.45) is 1.75. The summed E-state index contributed by atoms with van der Waals surface area (Å²) in [5.74, 6) is 0.502. The Kier molecular flexibility index (Phi) is 7.59. The predicted octanol–water partition coefficient (Wildman–Crippen LogP) is 6.18. The highest BCUT2D eigenvalue weighted by Gasteiger charge is 2.12. The molecule has 0 unspecified atom stereocenters. The Bertz CT molecular complexity index is 1120. The molecule has 170 valence electrons. The van der Waals surface area contributed by atoms with Gasteiger partial charge in [0.25, 0.3) is 5.69 Å². The molecule has 0 N–H and O–H groups in total. The smallest absolute Gasteiger partial charge is 0.269 e. The van der Waals surface area contributed by atoms with Crippen molar-refractivity contribution in [2.75, 3.05) is 31.2 Å². The van der Waals surface area contributed by atoms with Crippen LogP contribution in [0.4, 0.5) is 17.1 Å². The van der Waals surface area contributed by atoms with Crippen LogP contribution in [0.1, 0.15) is 11.1 Å². The molecule has 1 fully saturated rings. The van der Waals surface area contributed by atoms with Crippen molar-refractivity contribution in [2.45, 2.75) is 6.61 Å². The minimum absolute atomic E-state index is 0.0392. The number of aliphatic imine (C=N–C) groups is 1. The molecule has 0 saturated carbocycles. The molecule has 9 heteroatoms. The second-order valence-corrected chi connectivity index (χ2v) is 8.66. The first kappa shape index (κ1) is 23.2. The molecule has 0 amide bonds. The molecule has 3 aromatic carbocycles. The number of morpholine rings is 1. The van der Waals surface area contributed by atoms with Crippen LogP contribution in [-0.2, 0) is 11.3 Å². The minimum Gasteiger partial charge on any atom is -0.486 e. The van der Waals surface area contributed by atoms with Crippen molar-refractivity contribution in [1.82, 2.24) is 0 Å². The van der Waals surface area contributed by atoms with Gasteiger partial charge >= 0.3 is 0 Å². The molecule has 33 heavy (non-hydrogen) atoms. The van der Waals surface area contributed by atoms with Crippen molar-refractivity contribution in [3.05, 3.63) is 91.4 Å². The molecule has 4 rings (SSSR count). The number of hydrogen-bond donors (Lipinski definition) is 0. The van der Waals surface area contributed by atoms with Crippen molar-refractivity contribution in [2.24, 2.45) is 4.99 Å². The number of nitro groups is 1. The fourth-order valence-electron chi connectivity index (χ4n) is 3.38. The lowest BCUT2D eigenvalue weighted by molar-refractivity contribution is -0.384. The Morgan fingerprint density at radius 2 is 1.82 bits per heavy atom. The first-order valence-corrected chi connectivity index (χ1v) is 11.5. The summed E-state index contributed by atoms with van der Waals surface area (Å²) < 4.78 is 11.9. The number of benzene rings is 3. The minimum atomic E-state index is -0.434. The molecular weight excluding hydrogens is 510 g/mol. The molecule has 0 bridgehead atoms. The Morgan fingerprint density at radius 3 is 2.45 bits per heavy atom. The van der Waals surface area contributed by atoms with Gasteiger partial charge in [0, 0.05) is 37.1 Å². The van der Waals surface area contributed by atoms with E-state index in [0.29, 0.717) is 15.2 Å². The monoisotopic (exact) mass is 529 g/mol. The highest BCUT2D eigenvalue weighted by atomic mass is 79.9. The van der Waals surface area contributed by atoms with E-state index in [4.69, 9.17) is 21.1 Å². The second kappa shape index (κ2) is 10.8. The summed E-state index contributed by atoms with van der Waals surface area (Å²) in [5, 5.41) is 11.2. The number of nitrogens with zero attached hydrogens (tertiary/aromatic N) is 3. The molecule has 0 spiro atoms. The fraction of sp³-hybridized carbons (Fsp3) is 0.208. The van der Waals surface area contributed by atoms with Crippen LogP contribution in [0.2, 0.25) is 5.02 Å². The quantitative estimate of drug-likeness (QED) is 0.207. The summed E-state index contributed by atoms with van der Waals surface area (Å²) in [5.41, 5.74) is 3.68. The topological polar surface area (TPSA) is 77.2 Å². The van der Waals surface area contributed by atoms with Gasteiger partial charge in [-0.1, -0.05) is 11.6 Å². The molecule has 1 aliphatic heterocycles. The Balaban J connectivity index is 1.40. The van der Waals surface area contributed by atoms with Crippen LogP contribution in [0.15, 0.2) is 70.1 Å². The van der Waals surface area contributed by atoms with Crippen molar-refractivity contribution in [3.63, 3.8) is 0 Å². The molecule has 0 aromatic heterocycles. The molecule has 3 aromatic rings. The zero-order valence-corrected chi connectivity index (χ0v) is 20.0. The Hall–Kier alpha value is -2.94. The number of nitro benzene ring substituents is 1. The van der Waals surface area contributed by atoms with Crippen LogP contribution in [0.3, 0.4) is 0 Å². The number of anilines is 1. The van der Waals surface area contributed by atoms with Crippen LogP contribution >= 0.6 is 27.5 Å². The molecule has 0 aliphatic carbocycles. The number of rotatable bonds is 7. The summed E-state index contributed by atoms with van der Waals surface area (Å²) in [6, 6.07) is 18.0. The van der Waals surface area contributed by atoms with E-state index >= 15 is 0 Å². The second-order valence-electron chi connectivity index (χ2n) is 7.40. The fourth-order valence-corrected chi connectivity index (χ4v) is 4.37. The van der Waals surface area contributed by atoms with E-state index in [2.05, 4.69) is 38.0 Å². The van der Waals surface area contributed by atoms with Crippen molar-refractivity contribution >= 4 is 50.8 Å². The normalized spacial score (nSPS) is 13.9. The van der Waals surface area contributed by atoms with E-state index in [0.717, 1.165) is 48.8 Å². The van der Waals surface area contributed by atoms with Crippen LogP contribution < -0.4 is 9.64 Å². The highest BCUT2D eigenvalue weighted by molar-refractivity contribution is 9.10. The zero-order valence-electron chi connectivity index (χ0n) is 17.6. The standard InChI is InChI=1S/C24H21BrClN3O4/c25-22-13-18(15-27-19-3-7-20(8-4-19)28-9-11-32-12-10-28)14-23(26)24(22)33-16-17-1-5-21(6-2-17)29(30)31/h1-8,13-15H,9-12,16H2. The van der Waals surface area contributed by atoms with Crippen molar-refractivity contribution in [3.8, 4) is 5.75 Å². The van der Waals surface area contributed by atoms with E-state index in [1.54, 1.807) is 24.4 Å². The Labute approximate surface area is 204 Å². The van der Waals surface area contributed by atoms with Crippen molar-refractivity contribution in [1.29, 1.82) is 0 Å². The molecule has 1 saturated heterocycles. The van der Waals surface area contributed by atoms with Crippen LogP contribution in [-0.4, -0.2) is 37.4 Å². The van der Waals surface area contributed by atoms with Gasteiger partial charge in [-0.2, -0.15) is 0 Å². The number of hydrogen-bond acceptors (Lipinski definition) is 6. The third-order valence-electron chi connectivity index (χ3n) is 5.14. The van der Waals surface area contributed by atoms with Crippen LogP contribution in [0.25, 0.3) is 0 Å². The van der Waals surface area contributed by atoms with Gasteiger partial charge in [0.15, 0.2) is 5.75 Å². The molecular formula is C24H21BrClN3O4. The van der Waals surface area contributed by atoms with Gasteiger partial charge in [-0.3, -0.25) is 15.1 Å². The lowest BCUT2D eigenvalue weighted by atomic mass is 10.2. The molecule has 1 heterocycles.